The van der Waals surface area contributed by atoms with E-state index in [0.29, 0.717) is 0 Å². The third kappa shape index (κ3) is 4.64. The van der Waals surface area contributed by atoms with Gasteiger partial charge >= 0.3 is 0 Å². The molecule has 3 N–H and O–H groups in total. The highest BCUT2D eigenvalue weighted by atomic mass is 35.5. The number of hydrogen-bond acceptors (Lipinski definition) is 3. The molecule has 0 bridgehead atoms. The molecule has 0 radical (unpaired) electrons. The summed E-state index contributed by atoms with van der Waals surface area (Å²) in [6.07, 6.45) is 1.75. The molecule has 1 fully saturated rings. The number of halogens is 3. The number of hydrogen-bond donors (Lipinski definition) is 3. The van der Waals surface area contributed by atoms with E-state index >= 15 is 0 Å². The van der Waals surface area contributed by atoms with Gasteiger partial charge in [0.25, 0.3) is 5.91 Å². The van der Waals surface area contributed by atoms with Crippen molar-refractivity contribution in [3.63, 3.8) is 0 Å². The van der Waals surface area contributed by atoms with Gasteiger partial charge in [-0.25, -0.2) is 8.78 Å². The van der Waals surface area contributed by atoms with Crippen LogP contribution in [0.25, 0.3) is 0 Å². The van der Waals surface area contributed by atoms with Gasteiger partial charge in [-0.2, -0.15) is 0 Å². The lowest BCUT2D eigenvalue weighted by molar-refractivity contribution is -0.122. The first-order chi connectivity index (χ1) is 10.1. The molecule has 2 rings (SSSR count). The molecule has 22 heavy (non-hydrogen) atoms. The van der Waals surface area contributed by atoms with Crippen molar-refractivity contribution in [1.29, 1.82) is 0 Å². The summed E-state index contributed by atoms with van der Waals surface area (Å²) in [7, 11) is 0. The van der Waals surface area contributed by atoms with E-state index in [9.17, 15) is 18.4 Å². The molecule has 1 saturated heterocycles. The second kappa shape index (κ2) is 8.65. The summed E-state index contributed by atoms with van der Waals surface area (Å²) in [5.41, 5.74) is -0.610. The Labute approximate surface area is 133 Å². The van der Waals surface area contributed by atoms with Crippen molar-refractivity contribution in [2.24, 2.45) is 0 Å². The van der Waals surface area contributed by atoms with Crippen LogP contribution in [0.15, 0.2) is 18.2 Å². The molecule has 8 heteroatoms. The fraction of sp³-hybridized carbons (Fsp3) is 0.429. The quantitative estimate of drug-likeness (QED) is 0.704. The van der Waals surface area contributed by atoms with Gasteiger partial charge in [0, 0.05) is 13.1 Å². The Morgan fingerprint density at radius 1 is 1.18 bits per heavy atom. The molecule has 1 aromatic carbocycles. The van der Waals surface area contributed by atoms with E-state index in [4.69, 9.17) is 0 Å². The van der Waals surface area contributed by atoms with E-state index in [1.165, 1.54) is 6.07 Å². The van der Waals surface area contributed by atoms with Crippen LogP contribution in [0.1, 0.15) is 23.2 Å². The van der Waals surface area contributed by atoms with Crippen LogP contribution in [-0.4, -0.2) is 37.5 Å². The zero-order valence-corrected chi connectivity index (χ0v) is 12.6. The predicted octanol–water partition coefficient (Wildman–Crippen LogP) is 0.985. The molecule has 0 spiro atoms. The molecular weight excluding hydrogens is 316 g/mol. The molecule has 122 valence electrons. The standard InChI is InChI=1S/C14H17F2N3O2.ClH/c15-9-3-1-4-10(16)12(9)14(21)19-8-7-18-13(20)11-5-2-6-17-11;/h1,3-4,11,17H,2,5-8H2,(H,18,20)(H,19,21);1H. The van der Waals surface area contributed by atoms with Crippen LogP contribution < -0.4 is 16.0 Å². The van der Waals surface area contributed by atoms with Gasteiger partial charge in [-0.3, -0.25) is 9.59 Å². The normalized spacial score (nSPS) is 16.7. The molecule has 1 aromatic rings. The Kier molecular flexibility index (Phi) is 7.20. The number of amides is 2. The van der Waals surface area contributed by atoms with Crippen LogP contribution in [0.4, 0.5) is 8.78 Å². The van der Waals surface area contributed by atoms with E-state index in [1.807, 2.05) is 0 Å². The lowest BCUT2D eigenvalue weighted by Gasteiger charge is -2.11. The maximum Gasteiger partial charge on any atom is 0.257 e. The second-order valence-electron chi connectivity index (χ2n) is 4.79. The lowest BCUT2D eigenvalue weighted by atomic mass is 10.2. The molecule has 2 amide bonds. The van der Waals surface area contributed by atoms with E-state index in [0.717, 1.165) is 31.5 Å². The van der Waals surface area contributed by atoms with Crippen molar-refractivity contribution in [3.05, 3.63) is 35.4 Å². The highest BCUT2D eigenvalue weighted by molar-refractivity contribution is 5.94. The van der Waals surface area contributed by atoms with Crippen LogP contribution >= 0.6 is 12.4 Å². The van der Waals surface area contributed by atoms with Gasteiger partial charge in [0.1, 0.15) is 17.2 Å². The molecular formula is C14H18ClF2N3O2. The van der Waals surface area contributed by atoms with Crippen LogP contribution in [-0.2, 0) is 4.79 Å². The SMILES string of the molecule is Cl.O=C(NCCNC(=O)C1CCCN1)c1c(F)cccc1F. The van der Waals surface area contributed by atoms with Crippen LogP contribution in [0, 0.1) is 11.6 Å². The average Bonchev–Trinajstić information content (AvgIpc) is 2.97. The second-order valence-corrected chi connectivity index (χ2v) is 4.79. The van der Waals surface area contributed by atoms with Crippen molar-refractivity contribution in [2.75, 3.05) is 19.6 Å². The topological polar surface area (TPSA) is 70.2 Å². The van der Waals surface area contributed by atoms with Gasteiger partial charge in [0.05, 0.1) is 6.04 Å². The number of nitrogens with one attached hydrogen (secondary N) is 3. The highest BCUT2D eigenvalue weighted by Gasteiger charge is 2.21. The molecule has 5 nitrogen and oxygen atoms in total. The summed E-state index contributed by atoms with van der Waals surface area (Å²) in [6, 6.07) is 3.04. The maximum atomic E-state index is 13.4. The monoisotopic (exact) mass is 333 g/mol. The van der Waals surface area contributed by atoms with Crippen molar-refractivity contribution in [1.82, 2.24) is 16.0 Å². The molecule has 1 heterocycles. The maximum absolute atomic E-state index is 13.4. The van der Waals surface area contributed by atoms with Gasteiger partial charge in [-0.05, 0) is 31.5 Å². The molecule has 0 aromatic heterocycles. The van der Waals surface area contributed by atoms with E-state index in [2.05, 4.69) is 16.0 Å². The predicted molar refractivity (Wildman–Crippen MR) is 80.0 cm³/mol. The fourth-order valence-electron chi connectivity index (χ4n) is 2.20. The van der Waals surface area contributed by atoms with Crippen molar-refractivity contribution < 1.29 is 18.4 Å². The average molecular weight is 334 g/mol. The Hall–Kier alpha value is -1.73. The zero-order valence-electron chi connectivity index (χ0n) is 11.8. The molecule has 1 aliphatic heterocycles. The van der Waals surface area contributed by atoms with Crippen molar-refractivity contribution in [2.45, 2.75) is 18.9 Å². The summed E-state index contributed by atoms with van der Waals surface area (Å²) in [6.45, 7) is 1.13. The summed E-state index contributed by atoms with van der Waals surface area (Å²) in [5, 5.41) is 8.08. The minimum atomic E-state index is -0.910. The number of benzene rings is 1. The van der Waals surface area contributed by atoms with E-state index in [1.54, 1.807) is 0 Å². The molecule has 0 saturated carbocycles. The highest BCUT2D eigenvalue weighted by Crippen LogP contribution is 2.11. The van der Waals surface area contributed by atoms with Crippen LogP contribution in [0.3, 0.4) is 0 Å². The Morgan fingerprint density at radius 3 is 2.41 bits per heavy atom. The number of carbonyl (C=O) groups is 2. The largest absolute Gasteiger partial charge is 0.353 e. The number of carbonyl (C=O) groups excluding carboxylic acids is 2. The minimum absolute atomic E-state index is 0. The molecule has 1 aliphatic rings. The third-order valence-electron chi connectivity index (χ3n) is 3.28. The van der Waals surface area contributed by atoms with Crippen molar-refractivity contribution >= 4 is 24.2 Å². The molecule has 0 aliphatic carbocycles. The first-order valence-corrected chi connectivity index (χ1v) is 6.83. The fourth-order valence-corrected chi connectivity index (χ4v) is 2.20. The smallest absolute Gasteiger partial charge is 0.257 e. The zero-order chi connectivity index (χ0) is 15.2. The Bertz CT molecular complexity index is 517. The van der Waals surface area contributed by atoms with Gasteiger partial charge in [0.2, 0.25) is 5.91 Å². The van der Waals surface area contributed by atoms with Gasteiger partial charge < -0.3 is 16.0 Å². The molecule has 1 unspecified atom stereocenters. The summed E-state index contributed by atoms with van der Waals surface area (Å²) >= 11 is 0. The Morgan fingerprint density at radius 2 is 1.82 bits per heavy atom. The van der Waals surface area contributed by atoms with Gasteiger partial charge in [0.15, 0.2) is 0 Å². The summed E-state index contributed by atoms with van der Waals surface area (Å²) in [5.74, 6) is -2.78. The van der Waals surface area contributed by atoms with Crippen LogP contribution in [0.5, 0.6) is 0 Å². The van der Waals surface area contributed by atoms with E-state index < -0.39 is 23.1 Å². The van der Waals surface area contributed by atoms with Crippen LogP contribution in [0.2, 0.25) is 0 Å². The van der Waals surface area contributed by atoms with Gasteiger partial charge in [-0.15, -0.1) is 12.4 Å². The van der Waals surface area contributed by atoms with Gasteiger partial charge in [-0.1, -0.05) is 6.07 Å². The first kappa shape index (κ1) is 18.3. The number of rotatable bonds is 5. The lowest BCUT2D eigenvalue weighted by Crippen LogP contribution is -2.43. The first-order valence-electron chi connectivity index (χ1n) is 6.83. The minimum Gasteiger partial charge on any atom is -0.353 e. The Balaban J connectivity index is 0.00000242. The van der Waals surface area contributed by atoms with E-state index in [-0.39, 0.29) is 37.4 Å². The summed E-state index contributed by atoms with van der Waals surface area (Å²) < 4.78 is 26.7. The van der Waals surface area contributed by atoms with Crippen molar-refractivity contribution in [3.8, 4) is 0 Å². The molecule has 1 atom stereocenters. The third-order valence-corrected chi connectivity index (χ3v) is 3.28. The summed E-state index contributed by atoms with van der Waals surface area (Å²) in [4.78, 5) is 23.3.